The zero-order valence-electron chi connectivity index (χ0n) is 11.5. The summed E-state index contributed by atoms with van der Waals surface area (Å²) in [6.45, 7) is 0. The van der Waals surface area contributed by atoms with Crippen molar-refractivity contribution in [3.63, 3.8) is 0 Å². The molecule has 0 atom stereocenters. The van der Waals surface area contributed by atoms with Crippen LogP contribution in [0, 0.1) is 0 Å². The lowest BCUT2D eigenvalue weighted by Gasteiger charge is -2.05. The number of benzene rings is 1. The summed E-state index contributed by atoms with van der Waals surface area (Å²) in [5, 5.41) is 1.28. The monoisotopic (exact) mass is 262 g/mol. The van der Waals surface area contributed by atoms with Gasteiger partial charge in [0.2, 0.25) is 0 Å². The van der Waals surface area contributed by atoms with E-state index < -0.39 is 0 Å². The van der Waals surface area contributed by atoms with Crippen molar-refractivity contribution in [1.29, 1.82) is 0 Å². The van der Waals surface area contributed by atoms with Crippen LogP contribution < -0.4 is 0 Å². The van der Waals surface area contributed by atoms with Gasteiger partial charge < -0.3 is 4.98 Å². The summed E-state index contributed by atoms with van der Waals surface area (Å²) in [4.78, 5) is 8.23. The molecule has 2 heterocycles. The number of hydrogen-bond acceptors (Lipinski definition) is 1. The van der Waals surface area contributed by atoms with Gasteiger partial charge in [0, 0.05) is 22.8 Å². The van der Waals surface area contributed by atoms with E-state index in [0.717, 1.165) is 5.69 Å². The molecule has 1 N–H and O–H groups in total. The van der Waals surface area contributed by atoms with Crippen LogP contribution in [0.2, 0.25) is 0 Å². The Morgan fingerprint density at radius 1 is 1.00 bits per heavy atom. The highest BCUT2D eigenvalue weighted by Crippen LogP contribution is 2.36. The molecule has 1 fully saturated rings. The SMILES string of the molecule is c1ccc(-c2nccc3cc(C4CCCC4)[nH]c23)cc1. The minimum Gasteiger partial charge on any atom is -0.356 e. The van der Waals surface area contributed by atoms with Gasteiger partial charge in [-0.05, 0) is 30.9 Å². The van der Waals surface area contributed by atoms with Gasteiger partial charge in [-0.2, -0.15) is 0 Å². The third-order valence-corrected chi connectivity index (χ3v) is 4.41. The molecule has 0 amide bonds. The lowest BCUT2D eigenvalue weighted by atomic mass is 10.0. The molecule has 0 saturated heterocycles. The molecule has 1 aromatic carbocycles. The maximum absolute atomic E-state index is 4.59. The van der Waals surface area contributed by atoms with Crippen LogP contribution in [0.15, 0.2) is 48.7 Å². The molecule has 100 valence electrons. The molecule has 3 aromatic rings. The normalized spacial score (nSPS) is 16.0. The van der Waals surface area contributed by atoms with E-state index in [1.54, 1.807) is 0 Å². The molecule has 0 bridgehead atoms. The van der Waals surface area contributed by atoms with Crippen molar-refractivity contribution >= 4 is 10.9 Å². The number of nitrogens with one attached hydrogen (secondary N) is 1. The topological polar surface area (TPSA) is 28.7 Å². The number of fused-ring (bicyclic) bond motifs is 1. The van der Waals surface area contributed by atoms with Crippen LogP contribution in [0.4, 0.5) is 0 Å². The Bertz CT molecular complexity index is 722. The zero-order valence-corrected chi connectivity index (χ0v) is 11.5. The minimum atomic E-state index is 0.714. The highest BCUT2D eigenvalue weighted by molar-refractivity contribution is 5.92. The number of nitrogens with zero attached hydrogens (tertiary/aromatic N) is 1. The smallest absolute Gasteiger partial charge is 0.0942 e. The second-order valence-electron chi connectivity index (χ2n) is 5.70. The standard InChI is InChI=1S/C18H18N2/c1-2-8-14(9-3-1)17-18-15(10-11-19-17)12-16(20-18)13-6-4-5-7-13/h1-3,8-13,20H,4-7H2. The predicted molar refractivity (Wildman–Crippen MR) is 82.7 cm³/mol. The Balaban J connectivity index is 1.85. The molecule has 0 unspecified atom stereocenters. The first-order valence-corrected chi connectivity index (χ1v) is 7.45. The van der Waals surface area contributed by atoms with Crippen molar-refractivity contribution in [2.24, 2.45) is 0 Å². The van der Waals surface area contributed by atoms with Gasteiger partial charge in [0.15, 0.2) is 0 Å². The maximum atomic E-state index is 4.59. The van der Waals surface area contributed by atoms with Crippen LogP contribution in [0.25, 0.3) is 22.2 Å². The third-order valence-electron chi connectivity index (χ3n) is 4.41. The number of aromatic nitrogens is 2. The largest absolute Gasteiger partial charge is 0.356 e. The highest BCUT2D eigenvalue weighted by atomic mass is 14.8. The van der Waals surface area contributed by atoms with E-state index in [1.807, 2.05) is 12.3 Å². The molecule has 2 nitrogen and oxygen atoms in total. The maximum Gasteiger partial charge on any atom is 0.0942 e. The summed E-state index contributed by atoms with van der Waals surface area (Å²) >= 11 is 0. The second kappa shape index (κ2) is 4.78. The van der Waals surface area contributed by atoms with Gasteiger partial charge in [-0.1, -0.05) is 43.2 Å². The Kier molecular flexibility index (Phi) is 2.80. The first-order valence-electron chi connectivity index (χ1n) is 7.45. The first-order chi connectivity index (χ1) is 9.92. The van der Waals surface area contributed by atoms with Gasteiger partial charge in [-0.3, -0.25) is 4.98 Å². The molecular weight excluding hydrogens is 244 g/mol. The van der Waals surface area contributed by atoms with E-state index >= 15 is 0 Å². The lowest BCUT2D eigenvalue weighted by Crippen LogP contribution is -1.91. The molecule has 0 spiro atoms. The highest BCUT2D eigenvalue weighted by Gasteiger charge is 2.19. The van der Waals surface area contributed by atoms with Crippen LogP contribution >= 0.6 is 0 Å². The summed E-state index contributed by atoms with van der Waals surface area (Å²) in [5.41, 5.74) is 4.81. The van der Waals surface area contributed by atoms with Gasteiger partial charge in [-0.15, -0.1) is 0 Å². The van der Waals surface area contributed by atoms with E-state index in [0.29, 0.717) is 5.92 Å². The number of rotatable bonds is 2. The first kappa shape index (κ1) is 11.7. The molecule has 1 saturated carbocycles. The van der Waals surface area contributed by atoms with Gasteiger partial charge in [0.1, 0.15) is 0 Å². The Hall–Kier alpha value is -2.09. The van der Waals surface area contributed by atoms with Crippen molar-refractivity contribution < 1.29 is 0 Å². The van der Waals surface area contributed by atoms with Crippen LogP contribution in [0.3, 0.4) is 0 Å². The molecule has 1 aliphatic carbocycles. The fourth-order valence-corrected chi connectivity index (χ4v) is 3.35. The van der Waals surface area contributed by atoms with Crippen LogP contribution in [0.1, 0.15) is 37.3 Å². The van der Waals surface area contributed by atoms with Crippen molar-refractivity contribution in [3.8, 4) is 11.3 Å². The van der Waals surface area contributed by atoms with Crippen LogP contribution in [-0.4, -0.2) is 9.97 Å². The molecule has 2 aromatic heterocycles. The molecule has 4 rings (SSSR count). The van der Waals surface area contributed by atoms with Crippen molar-refractivity contribution in [2.75, 3.05) is 0 Å². The number of H-pyrrole nitrogens is 1. The molecular formula is C18H18N2. The lowest BCUT2D eigenvalue weighted by molar-refractivity contribution is 0.705. The van der Waals surface area contributed by atoms with Gasteiger partial charge in [0.05, 0.1) is 11.2 Å². The molecule has 0 radical (unpaired) electrons. The fraction of sp³-hybridized carbons (Fsp3) is 0.278. The molecule has 1 aliphatic rings. The number of pyridine rings is 1. The van der Waals surface area contributed by atoms with Crippen molar-refractivity contribution in [3.05, 3.63) is 54.4 Å². The Morgan fingerprint density at radius 3 is 2.60 bits per heavy atom. The van der Waals surface area contributed by atoms with Crippen molar-refractivity contribution in [1.82, 2.24) is 9.97 Å². The Labute approximate surface area is 118 Å². The predicted octanol–water partition coefficient (Wildman–Crippen LogP) is 4.89. The van der Waals surface area contributed by atoms with Gasteiger partial charge in [0.25, 0.3) is 0 Å². The quantitative estimate of drug-likeness (QED) is 0.700. The minimum absolute atomic E-state index is 0.714. The van der Waals surface area contributed by atoms with E-state index in [9.17, 15) is 0 Å². The summed E-state index contributed by atoms with van der Waals surface area (Å²) in [5.74, 6) is 0.714. The van der Waals surface area contributed by atoms with Gasteiger partial charge >= 0.3 is 0 Å². The van der Waals surface area contributed by atoms with Crippen LogP contribution in [0.5, 0.6) is 0 Å². The van der Waals surface area contributed by atoms with Crippen molar-refractivity contribution in [2.45, 2.75) is 31.6 Å². The van der Waals surface area contributed by atoms with E-state index in [4.69, 9.17) is 0 Å². The van der Waals surface area contributed by atoms with Gasteiger partial charge in [-0.25, -0.2) is 0 Å². The fourth-order valence-electron chi connectivity index (χ4n) is 3.35. The van der Waals surface area contributed by atoms with E-state index in [2.05, 4.69) is 46.4 Å². The van der Waals surface area contributed by atoms with Crippen LogP contribution in [-0.2, 0) is 0 Å². The molecule has 2 heteroatoms. The average molecular weight is 262 g/mol. The summed E-state index contributed by atoms with van der Waals surface area (Å²) in [7, 11) is 0. The number of hydrogen-bond donors (Lipinski definition) is 1. The zero-order chi connectivity index (χ0) is 13.4. The molecule has 20 heavy (non-hydrogen) atoms. The third kappa shape index (κ3) is 1.92. The van der Waals surface area contributed by atoms with E-state index in [-0.39, 0.29) is 0 Å². The second-order valence-corrected chi connectivity index (χ2v) is 5.70. The summed E-state index contributed by atoms with van der Waals surface area (Å²) in [6, 6.07) is 14.8. The number of aromatic amines is 1. The summed E-state index contributed by atoms with van der Waals surface area (Å²) in [6.07, 6.45) is 7.28. The van der Waals surface area contributed by atoms with E-state index in [1.165, 1.54) is 47.8 Å². The Morgan fingerprint density at radius 2 is 1.80 bits per heavy atom. The summed E-state index contributed by atoms with van der Waals surface area (Å²) < 4.78 is 0. The molecule has 0 aliphatic heterocycles. The average Bonchev–Trinajstić information content (AvgIpc) is 3.16.